The lowest BCUT2D eigenvalue weighted by molar-refractivity contribution is -0.124. The van der Waals surface area contributed by atoms with Gasteiger partial charge in [0, 0.05) is 7.05 Å². The summed E-state index contributed by atoms with van der Waals surface area (Å²) in [6.45, 7) is 1.33. The van der Waals surface area contributed by atoms with E-state index in [2.05, 4.69) is 5.32 Å². The quantitative estimate of drug-likeness (QED) is 0.531. The van der Waals surface area contributed by atoms with Crippen LogP contribution in [-0.4, -0.2) is 45.5 Å². The molecule has 0 bridgehead atoms. The summed E-state index contributed by atoms with van der Waals surface area (Å²) < 4.78 is 30.2. The van der Waals surface area contributed by atoms with Crippen LogP contribution in [0.5, 0.6) is 0 Å². The minimum atomic E-state index is -3.90. The first-order valence-corrected chi connectivity index (χ1v) is 9.84. The summed E-state index contributed by atoms with van der Waals surface area (Å²) in [7, 11) is -1.45. The third-order valence-corrected chi connectivity index (χ3v) is 5.65. The molecule has 9 heteroatoms. The standard InChI is InChI=1S/C19H22N2O6S/c1-14(15-8-5-4-6-9-15)20-18(22)13-27-19(23)16-10-7-11-17(12-16)28(24,25)21(2)26-3/h4-12,14H,13H2,1-3H3,(H,20,22)/t14-/m0/s1. The van der Waals surface area contributed by atoms with Crippen molar-refractivity contribution in [3.8, 4) is 0 Å². The second-order valence-corrected chi connectivity index (χ2v) is 7.84. The zero-order valence-corrected chi connectivity index (χ0v) is 16.6. The Morgan fingerprint density at radius 2 is 1.79 bits per heavy atom. The molecule has 1 amide bonds. The summed E-state index contributed by atoms with van der Waals surface area (Å²) in [5.74, 6) is -1.27. The van der Waals surface area contributed by atoms with Crippen molar-refractivity contribution in [2.24, 2.45) is 0 Å². The zero-order valence-electron chi connectivity index (χ0n) is 15.8. The number of nitrogens with zero attached hydrogens (tertiary/aromatic N) is 1. The van der Waals surface area contributed by atoms with Gasteiger partial charge in [-0.3, -0.25) is 9.63 Å². The molecule has 0 aliphatic carbocycles. The number of amides is 1. The Morgan fingerprint density at radius 1 is 1.11 bits per heavy atom. The highest BCUT2D eigenvalue weighted by molar-refractivity contribution is 7.89. The predicted octanol–water partition coefficient (Wildman–Crippen LogP) is 1.90. The summed E-state index contributed by atoms with van der Waals surface area (Å²) in [4.78, 5) is 28.8. The fourth-order valence-electron chi connectivity index (χ4n) is 2.35. The topological polar surface area (TPSA) is 102 Å². The van der Waals surface area contributed by atoms with Gasteiger partial charge in [0.2, 0.25) is 0 Å². The Morgan fingerprint density at radius 3 is 2.43 bits per heavy atom. The molecule has 2 aromatic rings. The van der Waals surface area contributed by atoms with Crippen LogP contribution in [0.3, 0.4) is 0 Å². The number of esters is 1. The van der Waals surface area contributed by atoms with E-state index in [0.29, 0.717) is 4.47 Å². The van der Waals surface area contributed by atoms with E-state index in [0.717, 1.165) is 11.6 Å². The Kier molecular flexibility index (Phi) is 7.27. The number of rotatable bonds is 8. The molecule has 2 aromatic carbocycles. The number of nitrogens with one attached hydrogen (secondary N) is 1. The molecule has 1 N–H and O–H groups in total. The molecule has 0 unspecified atom stereocenters. The first-order chi connectivity index (χ1) is 13.3. The molecule has 150 valence electrons. The van der Waals surface area contributed by atoms with Crippen molar-refractivity contribution in [2.45, 2.75) is 17.9 Å². The number of hydrogen-bond donors (Lipinski definition) is 1. The molecule has 28 heavy (non-hydrogen) atoms. The van der Waals surface area contributed by atoms with E-state index in [-0.39, 0.29) is 16.5 Å². The number of carbonyl (C=O) groups is 2. The molecular weight excluding hydrogens is 384 g/mol. The Hall–Kier alpha value is -2.75. The van der Waals surface area contributed by atoms with Gasteiger partial charge in [-0.25, -0.2) is 13.2 Å². The van der Waals surface area contributed by atoms with Crippen LogP contribution >= 0.6 is 0 Å². The average molecular weight is 406 g/mol. The average Bonchev–Trinajstić information content (AvgIpc) is 2.71. The Bertz CT molecular complexity index is 930. The smallest absolute Gasteiger partial charge is 0.338 e. The van der Waals surface area contributed by atoms with E-state index in [1.165, 1.54) is 32.4 Å². The molecule has 0 radical (unpaired) electrons. The number of ether oxygens (including phenoxy) is 1. The molecule has 0 saturated carbocycles. The lowest BCUT2D eigenvalue weighted by Gasteiger charge is -2.15. The van der Waals surface area contributed by atoms with Crippen molar-refractivity contribution in [3.63, 3.8) is 0 Å². The van der Waals surface area contributed by atoms with Gasteiger partial charge in [-0.05, 0) is 30.7 Å². The highest BCUT2D eigenvalue weighted by Crippen LogP contribution is 2.16. The van der Waals surface area contributed by atoms with E-state index >= 15 is 0 Å². The van der Waals surface area contributed by atoms with E-state index in [1.807, 2.05) is 37.3 Å². The first-order valence-electron chi connectivity index (χ1n) is 8.40. The zero-order chi connectivity index (χ0) is 20.7. The number of sulfonamides is 1. The number of carbonyl (C=O) groups excluding carboxylic acids is 2. The molecule has 1 atom stereocenters. The lowest BCUT2D eigenvalue weighted by Crippen LogP contribution is -2.31. The fraction of sp³-hybridized carbons (Fsp3) is 0.263. The maximum Gasteiger partial charge on any atom is 0.338 e. The summed E-state index contributed by atoms with van der Waals surface area (Å²) in [6, 6.07) is 14.4. The highest BCUT2D eigenvalue weighted by Gasteiger charge is 2.22. The van der Waals surface area contributed by atoms with Gasteiger partial charge in [0.25, 0.3) is 15.9 Å². The third kappa shape index (κ3) is 5.38. The van der Waals surface area contributed by atoms with Crippen LogP contribution in [-0.2, 0) is 24.4 Å². The summed E-state index contributed by atoms with van der Waals surface area (Å²) in [5, 5.41) is 2.73. The third-order valence-electron chi connectivity index (χ3n) is 3.97. The van der Waals surface area contributed by atoms with Crippen LogP contribution in [0, 0.1) is 0 Å². The maximum absolute atomic E-state index is 12.2. The second-order valence-electron chi connectivity index (χ2n) is 5.90. The van der Waals surface area contributed by atoms with E-state index in [9.17, 15) is 18.0 Å². The Balaban J connectivity index is 1.98. The number of hydrogen-bond acceptors (Lipinski definition) is 6. The SMILES string of the molecule is CON(C)S(=O)(=O)c1cccc(C(=O)OCC(=O)N[C@@H](C)c2ccccc2)c1. The molecule has 0 spiro atoms. The summed E-state index contributed by atoms with van der Waals surface area (Å²) >= 11 is 0. The van der Waals surface area contributed by atoms with Crippen LogP contribution in [0.2, 0.25) is 0 Å². The van der Waals surface area contributed by atoms with Gasteiger partial charge >= 0.3 is 5.97 Å². The molecule has 8 nitrogen and oxygen atoms in total. The number of benzene rings is 2. The largest absolute Gasteiger partial charge is 0.452 e. The van der Waals surface area contributed by atoms with E-state index in [1.54, 1.807) is 0 Å². The Labute approximate surface area is 164 Å². The van der Waals surface area contributed by atoms with Crippen molar-refractivity contribution in [2.75, 3.05) is 20.8 Å². The molecule has 2 rings (SSSR count). The molecule has 0 aliphatic heterocycles. The summed E-state index contributed by atoms with van der Waals surface area (Å²) in [6.07, 6.45) is 0. The van der Waals surface area contributed by atoms with Crippen LogP contribution in [0.15, 0.2) is 59.5 Å². The van der Waals surface area contributed by atoms with Crippen LogP contribution in [0.4, 0.5) is 0 Å². The minimum absolute atomic E-state index is 0.00878. The van der Waals surface area contributed by atoms with Gasteiger partial charge in [-0.1, -0.05) is 40.9 Å². The van der Waals surface area contributed by atoms with Crippen molar-refractivity contribution in [3.05, 3.63) is 65.7 Å². The molecule has 0 heterocycles. The minimum Gasteiger partial charge on any atom is -0.452 e. The second kappa shape index (κ2) is 9.45. The monoisotopic (exact) mass is 406 g/mol. The molecule has 0 aromatic heterocycles. The molecule has 0 saturated heterocycles. The summed E-state index contributed by atoms with van der Waals surface area (Å²) in [5.41, 5.74) is 0.928. The van der Waals surface area contributed by atoms with Crippen molar-refractivity contribution >= 4 is 21.9 Å². The van der Waals surface area contributed by atoms with E-state index < -0.39 is 28.5 Å². The van der Waals surface area contributed by atoms with Gasteiger partial charge < -0.3 is 10.1 Å². The van der Waals surface area contributed by atoms with Crippen molar-refractivity contribution in [1.29, 1.82) is 0 Å². The maximum atomic E-state index is 12.2. The van der Waals surface area contributed by atoms with Crippen LogP contribution < -0.4 is 5.32 Å². The van der Waals surface area contributed by atoms with Gasteiger partial charge in [0.1, 0.15) is 0 Å². The predicted molar refractivity (Wildman–Crippen MR) is 102 cm³/mol. The fourth-order valence-corrected chi connectivity index (χ4v) is 3.37. The van der Waals surface area contributed by atoms with Gasteiger partial charge in [-0.2, -0.15) is 0 Å². The van der Waals surface area contributed by atoms with Gasteiger partial charge in [0.15, 0.2) is 6.61 Å². The lowest BCUT2D eigenvalue weighted by atomic mass is 10.1. The first kappa shape index (κ1) is 21.5. The molecular formula is C19H22N2O6S. The highest BCUT2D eigenvalue weighted by atomic mass is 32.2. The van der Waals surface area contributed by atoms with Gasteiger partial charge in [0.05, 0.1) is 23.6 Å². The number of hydroxylamine groups is 1. The van der Waals surface area contributed by atoms with Crippen LogP contribution in [0.1, 0.15) is 28.9 Å². The van der Waals surface area contributed by atoms with Gasteiger partial charge in [-0.15, -0.1) is 0 Å². The van der Waals surface area contributed by atoms with Crippen molar-refractivity contribution in [1.82, 2.24) is 9.79 Å². The molecule has 0 fully saturated rings. The normalized spacial score (nSPS) is 12.4. The van der Waals surface area contributed by atoms with E-state index in [4.69, 9.17) is 9.57 Å². The van der Waals surface area contributed by atoms with Crippen molar-refractivity contribution < 1.29 is 27.6 Å². The molecule has 0 aliphatic rings. The van der Waals surface area contributed by atoms with Crippen LogP contribution in [0.25, 0.3) is 0 Å².